The first-order valence-electron chi connectivity index (χ1n) is 8.16. The molecule has 0 bridgehead atoms. The van der Waals surface area contributed by atoms with Crippen molar-refractivity contribution in [1.82, 2.24) is 15.0 Å². The number of hydrogen-bond acceptors (Lipinski definition) is 5. The third kappa shape index (κ3) is 2.97. The number of H-pyrrole nitrogens is 1. The number of nitrogens with zero attached hydrogens (tertiary/aromatic N) is 4. The first-order chi connectivity index (χ1) is 13.2. The Bertz CT molecular complexity index is 1230. The number of rotatable bonds is 3. The van der Waals surface area contributed by atoms with Gasteiger partial charge in [0.2, 0.25) is 0 Å². The fraction of sp³-hybridized carbons (Fsp3) is 0.0476. The zero-order valence-electron chi connectivity index (χ0n) is 14.4. The second kappa shape index (κ2) is 6.62. The maximum absolute atomic E-state index is 9.07. The molecule has 0 atom stereocenters. The summed E-state index contributed by atoms with van der Waals surface area (Å²) in [7, 11) is 1.61. The van der Waals surface area contributed by atoms with Gasteiger partial charge in [0, 0.05) is 11.8 Å². The Labute approximate surface area is 155 Å². The minimum absolute atomic E-state index is 0.512. The van der Waals surface area contributed by atoms with Crippen LogP contribution in [0.2, 0.25) is 0 Å². The van der Waals surface area contributed by atoms with E-state index in [9.17, 15) is 0 Å². The van der Waals surface area contributed by atoms with Gasteiger partial charge in [0.25, 0.3) is 0 Å². The van der Waals surface area contributed by atoms with E-state index < -0.39 is 0 Å². The zero-order chi connectivity index (χ0) is 18.8. The number of pyridine rings is 1. The smallest absolute Gasteiger partial charge is 0.142 e. The Kier molecular flexibility index (Phi) is 4.00. The highest BCUT2D eigenvalue weighted by atomic mass is 16.5. The summed E-state index contributed by atoms with van der Waals surface area (Å²) in [4.78, 5) is 12.2. The number of nitrogens with one attached hydrogen (secondary N) is 1. The Hall–Kier alpha value is -4.16. The lowest BCUT2D eigenvalue weighted by molar-refractivity contribution is 0.416. The molecule has 0 saturated carbocycles. The summed E-state index contributed by atoms with van der Waals surface area (Å²) >= 11 is 0. The molecular formula is C21H13N5O. The van der Waals surface area contributed by atoms with Gasteiger partial charge in [-0.15, -0.1) is 0 Å². The van der Waals surface area contributed by atoms with Crippen molar-refractivity contribution >= 4 is 11.0 Å². The molecule has 0 aliphatic heterocycles. The van der Waals surface area contributed by atoms with E-state index in [0.717, 1.165) is 27.9 Å². The number of methoxy groups -OCH3 is 1. The van der Waals surface area contributed by atoms with Crippen LogP contribution in [0.3, 0.4) is 0 Å². The van der Waals surface area contributed by atoms with Gasteiger partial charge in [0.1, 0.15) is 17.6 Å². The molecule has 27 heavy (non-hydrogen) atoms. The molecule has 0 radical (unpaired) electrons. The third-order valence-electron chi connectivity index (χ3n) is 4.25. The van der Waals surface area contributed by atoms with Gasteiger partial charge in [-0.25, -0.2) is 4.98 Å². The second-order valence-electron chi connectivity index (χ2n) is 5.89. The van der Waals surface area contributed by atoms with Crippen molar-refractivity contribution in [1.29, 1.82) is 10.5 Å². The molecule has 0 aliphatic rings. The lowest BCUT2D eigenvalue weighted by atomic mass is 10.1. The standard InChI is InChI=1S/C21H13N5O/c1-27-20-7-4-15(17-5-3-14(11-23)12-24-17)9-16(20)21-25-18-6-2-13(10-22)8-19(18)26-21/h2-9,12H,1H3,(H,25,26). The van der Waals surface area contributed by atoms with E-state index in [1.807, 2.05) is 30.3 Å². The predicted molar refractivity (Wildman–Crippen MR) is 101 cm³/mol. The molecule has 0 fully saturated rings. The van der Waals surface area contributed by atoms with E-state index in [1.54, 1.807) is 31.5 Å². The molecule has 6 heteroatoms. The van der Waals surface area contributed by atoms with E-state index in [2.05, 4.69) is 27.1 Å². The summed E-state index contributed by atoms with van der Waals surface area (Å²) in [5.41, 5.74) is 5.06. The summed E-state index contributed by atoms with van der Waals surface area (Å²) < 4.78 is 5.49. The molecule has 0 aliphatic carbocycles. The van der Waals surface area contributed by atoms with Gasteiger partial charge in [0.15, 0.2) is 0 Å². The SMILES string of the molecule is COc1ccc(-c2ccc(C#N)cn2)cc1-c1nc2ccc(C#N)cc2[nH]1. The van der Waals surface area contributed by atoms with Crippen LogP contribution >= 0.6 is 0 Å². The van der Waals surface area contributed by atoms with Gasteiger partial charge in [-0.2, -0.15) is 10.5 Å². The number of ether oxygens (including phenoxy) is 1. The Morgan fingerprint density at radius 3 is 2.48 bits per heavy atom. The molecule has 4 aromatic rings. The Morgan fingerprint density at radius 1 is 0.963 bits per heavy atom. The number of aromatic nitrogens is 3. The first kappa shape index (κ1) is 16.3. The van der Waals surface area contributed by atoms with E-state index >= 15 is 0 Å². The van der Waals surface area contributed by atoms with Crippen LogP contribution in [0.25, 0.3) is 33.7 Å². The van der Waals surface area contributed by atoms with Gasteiger partial charge < -0.3 is 9.72 Å². The average molecular weight is 351 g/mol. The first-order valence-corrected chi connectivity index (χ1v) is 8.16. The van der Waals surface area contributed by atoms with Crippen LogP contribution in [-0.2, 0) is 0 Å². The summed E-state index contributed by atoms with van der Waals surface area (Å²) in [6, 6.07) is 18.8. The molecule has 0 spiro atoms. The summed E-state index contributed by atoms with van der Waals surface area (Å²) in [6.07, 6.45) is 1.55. The molecular weight excluding hydrogens is 338 g/mol. The normalized spacial score (nSPS) is 10.3. The largest absolute Gasteiger partial charge is 0.496 e. The third-order valence-corrected chi connectivity index (χ3v) is 4.25. The number of nitriles is 2. The summed E-state index contributed by atoms with van der Waals surface area (Å²) in [5, 5.41) is 18.0. The van der Waals surface area contributed by atoms with Crippen molar-refractivity contribution in [2.45, 2.75) is 0 Å². The van der Waals surface area contributed by atoms with Gasteiger partial charge in [-0.1, -0.05) is 0 Å². The Balaban J connectivity index is 1.83. The highest BCUT2D eigenvalue weighted by molar-refractivity contribution is 5.83. The highest BCUT2D eigenvalue weighted by Gasteiger charge is 2.13. The molecule has 0 amide bonds. The molecule has 0 unspecified atom stereocenters. The lowest BCUT2D eigenvalue weighted by Gasteiger charge is -2.09. The molecule has 0 saturated heterocycles. The van der Waals surface area contributed by atoms with Crippen LogP contribution in [0.15, 0.2) is 54.7 Å². The maximum atomic E-state index is 9.07. The highest BCUT2D eigenvalue weighted by Crippen LogP contribution is 2.33. The molecule has 4 rings (SSSR count). The minimum atomic E-state index is 0.512. The monoisotopic (exact) mass is 351 g/mol. The minimum Gasteiger partial charge on any atom is -0.496 e. The number of hydrogen-bond donors (Lipinski definition) is 1. The summed E-state index contributed by atoms with van der Waals surface area (Å²) in [6.45, 7) is 0. The Morgan fingerprint density at radius 2 is 1.78 bits per heavy atom. The van der Waals surface area contributed by atoms with E-state index in [-0.39, 0.29) is 0 Å². The maximum Gasteiger partial charge on any atom is 0.142 e. The van der Waals surface area contributed by atoms with Crippen LogP contribution in [0.1, 0.15) is 11.1 Å². The molecule has 6 nitrogen and oxygen atoms in total. The van der Waals surface area contributed by atoms with Crippen molar-refractivity contribution in [3.05, 3.63) is 65.9 Å². The molecule has 1 N–H and O–H groups in total. The predicted octanol–water partition coefficient (Wildman–Crippen LogP) is 4.04. The van der Waals surface area contributed by atoms with Crippen molar-refractivity contribution in [2.75, 3.05) is 7.11 Å². The number of aromatic amines is 1. The van der Waals surface area contributed by atoms with Gasteiger partial charge in [-0.05, 0) is 48.5 Å². The number of fused-ring (bicyclic) bond motifs is 1. The quantitative estimate of drug-likeness (QED) is 0.600. The van der Waals surface area contributed by atoms with Crippen molar-refractivity contribution in [2.24, 2.45) is 0 Å². The summed E-state index contributed by atoms with van der Waals surface area (Å²) in [5.74, 6) is 1.32. The van der Waals surface area contributed by atoms with E-state index in [1.165, 1.54) is 0 Å². The fourth-order valence-electron chi connectivity index (χ4n) is 2.89. The van der Waals surface area contributed by atoms with Crippen LogP contribution < -0.4 is 4.74 Å². The molecule has 128 valence electrons. The van der Waals surface area contributed by atoms with E-state index in [0.29, 0.717) is 22.7 Å². The van der Waals surface area contributed by atoms with Gasteiger partial charge >= 0.3 is 0 Å². The van der Waals surface area contributed by atoms with Crippen LogP contribution in [0.5, 0.6) is 5.75 Å². The van der Waals surface area contributed by atoms with Crippen molar-refractivity contribution in [3.63, 3.8) is 0 Å². The van der Waals surface area contributed by atoms with Crippen molar-refractivity contribution < 1.29 is 4.74 Å². The topological polar surface area (TPSA) is 98.4 Å². The van der Waals surface area contributed by atoms with Crippen molar-refractivity contribution in [3.8, 4) is 40.5 Å². The fourth-order valence-corrected chi connectivity index (χ4v) is 2.89. The van der Waals surface area contributed by atoms with Gasteiger partial charge in [0.05, 0.1) is 46.6 Å². The van der Waals surface area contributed by atoms with Gasteiger partial charge in [-0.3, -0.25) is 4.98 Å². The zero-order valence-corrected chi connectivity index (χ0v) is 14.4. The van der Waals surface area contributed by atoms with E-state index in [4.69, 9.17) is 15.3 Å². The molecule has 2 heterocycles. The van der Waals surface area contributed by atoms with Crippen LogP contribution in [0.4, 0.5) is 0 Å². The molecule has 2 aromatic carbocycles. The average Bonchev–Trinajstić information content (AvgIpc) is 3.16. The molecule has 2 aromatic heterocycles. The second-order valence-corrected chi connectivity index (χ2v) is 5.89. The lowest BCUT2D eigenvalue weighted by Crippen LogP contribution is -1.92. The number of benzene rings is 2. The van der Waals surface area contributed by atoms with Crippen LogP contribution in [-0.4, -0.2) is 22.1 Å². The number of imidazole rings is 1. The van der Waals surface area contributed by atoms with Crippen LogP contribution in [0, 0.1) is 22.7 Å².